The quantitative estimate of drug-likeness (QED) is 0.832. The number of nitrogens with zero attached hydrogens (tertiary/aromatic N) is 4. The summed E-state index contributed by atoms with van der Waals surface area (Å²) in [5.41, 5.74) is 3.97. The van der Waals surface area contributed by atoms with Gasteiger partial charge in [-0.3, -0.25) is 9.59 Å². The molecule has 2 heterocycles. The molecule has 2 fully saturated rings. The average molecular weight is 352 g/mol. The summed E-state index contributed by atoms with van der Waals surface area (Å²) in [6, 6.07) is 5.50. The van der Waals surface area contributed by atoms with Crippen molar-refractivity contribution in [2.24, 2.45) is 5.92 Å². The molecule has 1 saturated heterocycles. The predicted octanol–water partition coefficient (Wildman–Crippen LogP) is 2.33. The first-order valence-corrected chi connectivity index (χ1v) is 9.36. The molecule has 0 atom stereocenters. The Morgan fingerprint density at radius 1 is 0.923 bits per heavy atom. The third kappa shape index (κ3) is 3.04. The molecule has 2 amide bonds. The van der Waals surface area contributed by atoms with E-state index in [1.807, 2.05) is 41.8 Å². The maximum absolute atomic E-state index is 12.8. The third-order valence-electron chi connectivity index (χ3n) is 5.66. The molecule has 0 unspecified atom stereocenters. The van der Waals surface area contributed by atoms with Crippen LogP contribution < -0.4 is 0 Å². The van der Waals surface area contributed by atoms with Gasteiger partial charge in [0.25, 0.3) is 5.91 Å². The van der Waals surface area contributed by atoms with Crippen molar-refractivity contribution in [2.45, 2.75) is 33.1 Å². The molecule has 0 spiro atoms. The van der Waals surface area contributed by atoms with Gasteiger partial charge in [-0.15, -0.1) is 0 Å². The lowest BCUT2D eigenvalue weighted by molar-refractivity contribution is -0.139. The van der Waals surface area contributed by atoms with Crippen molar-refractivity contribution in [1.29, 1.82) is 0 Å². The Hall–Kier alpha value is -2.50. The van der Waals surface area contributed by atoms with E-state index in [1.54, 1.807) is 0 Å². The van der Waals surface area contributed by atoms with Gasteiger partial charge >= 0.3 is 0 Å². The van der Waals surface area contributed by atoms with E-state index in [4.69, 9.17) is 0 Å². The lowest BCUT2D eigenvalue weighted by atomic mass is 9.84. The van der Waals surface area contributed by atoms with Crippen molar-refractivity contribution in [1.82, 2.24) is 19.8 Å². The van der Waals surface area contributed by atoms with Crippen LogP contribution in [0.15, 0.2) is 18.2 Å². The van der Waals surface area contributed by atoms with Gasteiger partial charge in [-0.05, 0) is 44.9 Å². The third-order valence-corrected chi connectivity index (χ3v) is 5.66. The zero-order valence-corrected chi connectivity index (χ0v) is 15.4. The lowest BCUT2D eigenvalue weighted by Gasteiger charge is -2.38. The summed E-state index contributed by atoms with van der Waals surface area (Å²) in [4.78, 5) is 38.0. The highest BCUT2D eigenvalue weighted by molar-refractivity contribution is 5.97. The molecule has 6 heteroatoms. The number of piperazine rings is 1. The Morgan fingerprint density at radius 3 is 2.15 bits per heavy atom. The number of hydrogen-bond acceptors (Lipinski definition) is 4. The monoisotopic (exact) mass is 352 g/mol. The van der Waals surface area contributed by atoms with Crippen LogP contribution in [-0.4, -0.2) is 57.8 Å². The minimum absolute atomic E-state index is 0.00247. The Morgan fingerprint density at radius 2 is 1.54 bits per heavy atom. The van der Waals surface area contributed by atoms with Crippen LogP contribution in [0.1, 0.15) is 41.0 Å². The fourth-order valence-corrected chi connectivity index (χ4v) is 3.59. The maximum atomic E-state index is 12.8. The Balaban J connectivity index is 1.45. The molecule has 1 aliphatic heterocycles. The number of amides is 2. The second-order valence-corrected chi connectivity index (χ2v) is 7.34. The molecule has 6 nitrogen and oxygen atoms in total. The molecule has 2 aromatic rings. The van der Waals surface area contributed by atoms with Crippen molar-refractivity contribution in [3.8, 4) is 0 Å². The molecule has 136 valence electrons. The van der Waals surface area contributed by atoms with Crippen LogP contribution in [0.25, 0.3) is 11.0 Å². The smallest absolute Gasteiger partial charge is 0.254 e. The fourth-order valence-electron chi connectivity index (χ4n) is 3.59. The molecular weight excluding hydrogens is 328 g/mol. The van der Waals surface area contributed by atoms with E-state index in [0.29, 0.717) is 31.7 Å². The molecule has 1 aromatic carbocycles. The van der Waals surface area contributed by atoms with Crippen LogP contribution >= 0.6 is 0 Å². The highest BCUT2D eigenvalue weighted by atomic mass is 16.2. The molecule has 1 saturated carbocycles. The van der Waals surface area contributed by atoms with Crippen LogP contribution in [0.5, 0.6) is 0 Å². The Kier molecular flexibility index (Phi) is 4.34. The van der Waals surface area contributed by atoms with Crippen molar-refractivity contribution in [3.05, 3.63) is 35.2 Å². The molecule has 1 aliphatic carbocycles. The largest absolute Gasteiger partial charge is 0.339 e. The van der Waals surface area contributed by atoms with E-state index in [1.165, 1.54) is 6.42 Å². The van der Waals surface area contributed by atoms with Crippen LogP contribution in [0.3, 0.4) is 0 Å². The Bertz CT molecular complexity index is 867. The van der Waals surface area contributed by atoms with Crippen LogP contribution in [0.4, 0.5) is 0 Å². The van der Waals surface area contributed by atoms with Gasteiger partial charge in [-0.1, -0.05) is 6.42 Å². The van der Waals surface area contributed by atoms with Gasteiger partial charge < -0.3 is 9.80 Å². The number of carbonyl (C=O) groups excluding carboxylic acids is 2. The molecule has 0 radical (unpaired) electrons. The predicted molar refractivity (Wildman–Crippen MR) is 98.8 cm³/mol. The highest BCUT2D eigenvalue weighted by Gasteiger charge is 2.32. The Labute approximate surface area is 153 Å². The van der Waals surface area contributed by atoms with Crippen molar-refractivity contribution in [3.63, 3.8) is 0 Å². The summed E-state index contributed by atoms with van der Waals surface area (Å²) >= 11 is 0. The summed E-state index contributed by atoms with van der Waals surface area (Å²) in [6.45, 7) is 6.31. The standard InChI is InChI=1S/C20H24N4O2/c1-13-14(2)22-18-12-16(6-7-17(18)21-13)20(26)24-10-8-23(9-11-24)19(25)15-4-3-5-15/h6-7,12,15H,3-5,8-11H2,1-2H3. The summed E-state index contributed by atoms with van der Waals surface area (Å²) in [6.07, 6.45) is 3.21. The van der Waals surface area contributed by atoms with Gasteiger partial charge in [0.15, 0.2) is 0 Å². The van der Waals surface area contributed by atoms with Crippen LogP contribution in [0.2, 0.25) is 0 Å². The number of aryl methyl sites for hydroxylation is 2. The summed E-state index contributed by atoms with van der Waals surface area (Å²) in [7, 11) is 0. The van der Waals surface area contributed by atoms with Crippen molar-refractivity contribution in [2.75, 3.05) is 26.2 Å². The lowest BCUT2D eigenvalue weighted by Crippen LogP contribution is -2.52. The zero-order chi connectivity index (χ0) is 18.3. The van der Waals surface area contributed by atoms with Gasteiger partial charge in [0.05, 0.1) is 22.4 Å². The number of rotatable bonds is 2. The van der Waals surface area contributed by atoms with Gasteiger partial charge in [0.1, 0.15) is 0 Å². The van der Waals surface area contributed by atoms with Gasteiger partial charge in [-0.2, -0.15) is 0 Å². The second kappa shape index (κ2) is 6.67. The maximum Gasteiger partial charge on any atom is 0.254 e. The highest BCUT2D eigenvalue weighted by Crippen LogP contribution is 2.28. The molecule has 2 aliphatic rings. The van der Waals surface area contributed by atoms with Gasteiger partial charge in [0, 0.05) is 37.7 Å². The van der Waals surface area contributed by atoms with Crippen LogP contribution in [0, 0.1) is 19.8 Å². The van der Waals surface area contributed by atoms with Crippen molar-refractivity contribution < 1.29 is 9.59 Å². The minimum Gasteiger partial charge on any atom is -0.339 e. The van der Waals surface area contributed by atoms with E-state index in [0.717, 1.165) is 35.3 Å². The van der Waals surface area contributed by atoms with E-state index in [9.17, 15) is 9.59 Å². The van der Waals surface area contributed by atoms with Gasteiger partial charge in [-0.25, -0.2) is 9.97 Å². The molecule has 0 bridgehead atoms. The van der Waals surface area contributed by atoms with Gasteiger partial charge in [0.2, 0.25) is 5.91 Å². The van der Waals surface area contributed by atoms with E-state index < -0.39 is 0 Å². The first-order chi connectivity index (χ1) is 12.5. The number of hydrogen-bond donors (Lipinski definition) is 0. The SMILES string of the molecule is Cc1nc2ccc(C(=O)N3CCN(C(=O)C4CCC4)CC3)cc2nc1C. The topological polar surface area (TPSA) is 66.4 Å². The van der Waals surface area contributed by atoms with Crippen molar-refractivity contribution >= 4 is 22.8 Å². The first-order valence-electron chi connectivity index (χ1n) is 9.36. The summed E-state index contributed by atoms with van der Waals surface area (Å²) in [5, 5.41) is 0. The molecule has 4 rings (SSSR count). The number of carbonyl (C=O) groups is 2. The number of benzene rings is 1. The number of aromatic nitrogens is 2. The minimum atomic E-state index is 0.00247. The summed E-state index contributed by atoms with van der Waals surface area (Å²) < 4.78 is 0. The average Bonchev–Trinajstić information content (AvgIpc) is 2.60. The molecule has 26 heavy (non-hydrogen) atoms. The molecule has 1 aromatic heterocycles. The normalized spacial score (nSPS) is 18.1. The molecule has 0 N–H and O–H groups in total. The molecular formula is C20H24N4O2. The zero-order valence-electron chi connectivity index (χ0n) is 15.4. The fraction of sp³-hybridized carbons (Fsp3) is 0.500. The first kappa shape index (κ1) is 16.9. The van der Waals surface area contributed by atoms with E-state index >= 15 is 0 Å². The van der Waals surface area contributed by atoms with E-state index in [2.05, 4.69) is 9.97 Å². The number of fused-ring (bicyclic) bond motifs is 1. The summed E-state index contributed by atoms with van der Waals surface area (Å²) in [5.74, 6) is 0.501. The van der Waals surface area contributed by atoms with E-state index in [-0.39, 0.29) is 17.7 Å². The van der Waals surface area contributed by atoms with Crippen LogP contribution in [-0.2, 0) is 4.79 Å². The second-order valence-electron chi connectivity index (χ2n) is 7.34.